The molecule has 7 heteroatoms. The van der Waals surface area contributed by atoms with Crippen molar-refractivity contribution in [1.29, 1.82) is 0 Å². The Balaban J connectivity index is 1.73. The molecule has 1 aromatic carbocycles. The second kappa shape index (κ2) is 8.57. The zero-order valence-electron chi connectivity index (χ0n) is 12.9. The molecule has 0 saturated carbocycles. The van der Waals surface area contributed by atoms with Crippen LogP contribution in [-0.2, 0) is 4.79 Å². The van der Waals surface area contributed by atoms with Crippen LogP contribution in [-0.4, -0.2) is 67.6 Å². The topological polar surface area (TPSA) is 52.7 Å². The van der Waals surface area contributed by atoms with Crippen molar-refractivity contribution in [2.24, 2.45) is 0 Å². The number of hydrogen-bond acceptors (Lipinski definition) is 3. The molecule has 1 aliphatic rings. The van der Waals surface area contributed by atoms with Crippen LogP contribution in [0.3, 0.4) is 0 Å². The Kier molecular flexibility index (Phi) is 6.46. The molecule has 2 amide bonds. The number of halogens is 2. The van der Waals surface area contributed by atoms with Crippen molar-refractivity contribution in [3.05, 3.63) is 35.6 Å². The van der Waals surface area contributed by atoms with Gasteiger partial charge in [0.25, 0.3) is 5.91 Å². The van der Waals surface area contributed by atoms with E-state index in [1.54, 1.807) is 4.90 Å². The number of nitrogens with zero attached hydrogens (tertiary/aromatic N) is 2. The Morgan fingerprint density at radius 3 is 2.35 bits per heavy atom. The van der Waals surface area contributed by atoms with Gasteiger partial charge in [0.05, 0.1) is 13.2 Å². The molecule has 1 aliphatic heterocycles. The van der Waals surface area contributed by atoms with Crippen molar-refractivity contribution >= 4 is 11.8 Å². The highest BCUT2D eigenvalue weighted by molar-refractivity contribution is 5.96. The minimum absolute atomic E-state index is 0.0826. The molecule has 0 unspecified atom stereocenters. The van der Waals surface area contributed by atoms with Gasteiger partial charge >= 0.3 is 0 Å². The first-order valence-corrected chi connectivity index (χ1v) is 7.70. The summed E-state index contributed by atoms with van der Waals surface area (Å²) in [5.74, 6) is -0.964. The standard InChI is InChI=1S/C16H21F2N3O2/c17-6-1-7-20-8-10-21(11-9-20)15(22)12-19-16(23)13-2-4-14(18)5-3-13/h2-5H,1,6-12H2,(H,19,23). The molecule has 23 heavy (non-hydrogen) atoms. The lowest BCUT2D eigenvalue weighted by atomic mass is 10.2. The van der Waals surface area contributed by atoms with Crippen LogP contribution < -0.4 is 5.32 Å². The number of hydrogen-bond donors (Lipinski definition) is 1. The molecule has 2 rings (SSSR count). The van der Waals surface area contributed by atoms with E-state index < -0.39 is 11.7 Å². The number of carbonyl (C=O) groups is 2. The van der Waals surface area contributed by atoms with Crippen LogP contribution in [0, 0.1) is 5.82 Å². The molecule has 1 N–H and O–H groups in total. The van der Waals surface area contributed by atoms with E-state index in [1.807, 2.05) is 0 Å². The van der Waals surface area contributed by atoms with E-state index in [9.17, 15) is 18.4 Å². The van der Waals surface area contributed by atoms with Crippen molar-refractivity contribution in [3.8, 4) is 0 Å². The van der Waals surface area contributed by atoms with E-state index >= 15 is 0 Å². The van der Waals surface area contributed by atoms with Gasteiger partial charge in [0, 0.05) is 38.3 Å². The molecule has 0 atom stereocenters. The molecule has 1 aromatic rings. The van der Waals surface area contributed by atoms with Crippen LogP contribution in [0.15, 0.2) is 24.3 Å². The molecule has 5 nitrogen and oxygen atoms in total. The van der Waals surface area contributed by atoms with Crippen LogP contribution in [0.25, 0.3) is 0 Å². The molecule has 0 aromatic heterocycles. The van der Waals surface area contributed by atoms with Crippen LogP contribution in [0.2, 0.25) is 0 Å². The fourth-order valence-corrected chi connectivity index (χ4v) is 2.48. The van der Waals surface area contributed by atoms with E-state index in [4.69, 9.17) is 0 Å². The Morgan fingerprint density at radius 1 is 1.09 bits per heavy atom. The summed E-state index contributed by atoms with van der Waals surface area (Å²) in [5, 5.41) is 2.55. The lowest BCUT2D eigenvalue weighted by Crippen LogP contribution is -2.51. The molecule has 1 heterocycles. The Labute approximate surface area is 134 Å². The van der Waals surface area contributed by atoms with Gasteiger partial charge in [-0.3, -0.25) is 18.9 Å². The van der Waals surface area contributed by atoms with Gasteiger partial charge in [0.1, 0.15) is 5.82 Å². The maximum atomic E-state index is 12.8. The minimum atomic E-state index is -0.414. The molecule has 0 bridgehead atoms. The van der Waals surface area contributed by atoms with Crippen molar-refractivity contribution in [2.45, 2.75) is 6.42 Å². The molecular weight excluding hydrogens is 304 g/mol. The molecule has 1 fully saturated rings. The molecule has 0 radical (unpaired) electrons. The zero-order valence-corrected chi connectivity index (χ0v) is 12.9. The van der Waals surface area contributed by atoms with E-state index in [0.29, 0.717) is 31.6 Å². The van der Waals surface area contributed by atoms with E-state index in [-0.39, 0.29) is 19.1 Å². The van der Waals surface area contributed by atoms with Gasteiger partial charge in [-0.15, -0.1) is 0 Å². The monoisotopic (exact) mass is 325 g/mol. The van der Waals surface area contributed by atoms with Crippen LogP contribution in [0.5, 0.6) is 0 Å². The summed E-state index contributed by atoms with van der Waals surface area (Å²) in [4.78, 5) is 27.8. The third kappa shape index (κ3) is 5.28. The summed E-state index contributed by atoms with van der Waals surface area (Å²) < 4.78 is 24.9. The number of alkyl halides is 1. The molecule has 1 saturated heterocycles. The lowest BCUT2D eigenvalue weighted by Gasteiger charge is -2.34. The molecular formula is C16H21F2N3O2. The van der Waals surface area contributed by atoms with Crippen LogP contribution in [0.4, 0.5) is 8.78 Å². The SMILES string of the molecule is O=C(NCC(=O)N1CCN(CCCF)CC1)c1ccc(F)cc1. The molecule has 0 aliphatic carbocycles. The summed E-state index contributed by atoms with van der Waals surface area (Å²) in [5.41, 5.74) is 0.315. The predicted molar refractivity (Wildman–Crippen MR) is 82.3 cm³/mol. The Bertz CT molecular complexity index is 529. The number of nitrogens with one attached hydrogen (secondary N) is 1. The summed E-state index contributed by atoms with van der Waals surface area (Å²) >= 11 is 0. The highest BCUT2D eigenvalue weighted by Crippen LogP contribution is 2.04. The largest absolute Gasteiger partial charge is 0.343 e. The summed E-state index contributed by atoms with van der Waals surface area (Å²) in [6, 6.07) is 5.15. The minimum Gasteiger partial charge on any atom is -0.343 e. The van der Waals surface area contributed by atoms with Crippen LogP contribution >= 0.6 is 0 Å². The van der Waals surface area contributed by atoms with E-state index in [2.05, 4.69) is 10.2 Å². The fraction of sp³-hybridized carbons (Fsp3) is 0.500. The normalized spacial score (nSPS) is 15.5. The predicted octanol–water partition coefficient (Wildman–Crippen LogP) is 1.06. The maximum Gasteiger partial charge on any atom is 0.251 e. The third-order valence-electron chi connectivity index (χ3n) is 3.84. The quantitative estimate of drug-likeness (QED) is 0.851. The number of benzene rings is 1. The first-order chi connectivity index (χ1) is 11.1. The van der Waals surface area contributed by atoms with E-state index in [1.165, 1.54) is 24.3 Å². The van der Waals surface area contributed by atoms with Gasteiger partial charge in [-0.1, -0.05) is 0 Å². The summed E-state index contributed by atoms with van der Waals surface area (Å²) in [7, 11) is 0. The van der Waals surface area contributed by atoms with Gasteiger partial charge < -0.3 is 10.2 Å². The lowest BCUT2D eigenvalue weighted by molar-refractivity contribution is -0.131. The van der Waals surface area contributed by atoms with Gasteiger partial charge in [-0.25, -0.2) is 4.39 Å². The number of amides is 2. The third-order valence-corrected chi connectivity index (χ3v) is 3.84. The van der Waals surface area contributed by atoms with Gasteiger partial charge in [-0.2, -0.15) is 0 Å². The summed E-state index contributed by atoms with van der Waals surface area (Å²) in [6.45, 7) is 2.90. The van der Waals surface area contributed by atoms with Crippen molar-refractivity contribution in [3.63, 3.8) is 0 Å². The van der Waals surface area contributed by atoms with Crippen molar-refractivity contribution < 1.29 is 18.4 Å². The average molecular weight is 325 g/mol. The van der Waals surface area contributed by atoms with Gasteiger partial charge in [0.15, 0.2) is 0 Å². The number of carbonyl (C=O) groups excluding carboxylic acids is 2. The zero-order chi connectivity index (χ0) is 16.7. The number of piperazine rings is 1. The smallest absolute Gasteiger partial charge is 0.251 e. The van der Waals surface area contributed by atoms with Crippen molar-refractivity contribution in [2.75, 3.05) is 45.9 Å². The first kappa shape index (κ1) is 17.3. The van der Waals surface area contributed by atoms with Gasteiger partial charge in [0.2, 0.25) is 5.91 Å². The average Bonchev–Trinajstić information content (AvgIpc) is 2.58. The molecule has 0 spiro atoms. The maximum absolute atomic E-state index is 12.8. The highest BCUT2D eigenvalue weighted by Gasteiger charge is 2.21. The number of rotatable bonds is 6. The van der Waals surface area contributed by atoms with Gasteiger partial charge in [-0.05, 0) is 30.7 Å². The van der Waals surface area contributed by atoms with Crippen molar-refractivity contribution in [1.82, 2.24) is 15.1 Å². The Hall–Kier alpha value is -2.02. The van der Waals surface area contributed by atoms with Crippen LogP contribution in [0.1, 0.15) is 16.8 Å². The summed E-state index contributed by atoms with van der Waals surface area (Å²) in [6.07, 6.45) is 0.516. The Morgan fingerprint density at radius 2 is 1.74 bits per heavy atom. The van der Waals surface area contributed by atoms with E-state index in [0.717, 1.165) is 13.1 Å². The highest BCUT2D eigenvalue weighted by atomic mass is 19.1. The second-order valence-corrected chi connectivity index (χ2v) is 5.45. The second-order valence-electron chi connectivity index (χ2n) is 5.45. The first-order valence-electron chi connectivity index (χ1n) is 7.70. The molecule has 126 valence electrons. The fourth-order valence-electron chi connectivity index (χ4n) is 2.48.